The number of carboxylic acid groups (broad SMARTS) is 1. The second-order valence-corrected chi connectivity index (χ2v) is 3.64. The first-order chi connectivity index (χ1) is 6.91. The van der Waals surface area contributed by atoms with Gasteiger partial charge in [-0.2, -0.15) is 0 Å². The molecule has 0 amide bonds. The molecule has 1 aromatic carbocycles. The van der Waals surface area contributed by atoms with E-state index in [1.54, 1.807) is 39.0 Å². The van der Waals surface area contributed by atoms with Gasteiger partial charge >= 0.3 is 5.97 Å². The Morgan fingerprint density at radius 2 is 1.73 bits per heavy atom. The number of rotatable bonds is 2. The van der Waals surface area contributed by atoms with Crippen molar-refractivity contribution >= 4 is 12.0 Å². The SMILES string of the molecule is C/C(=C\c1cc(C)c(O)c(C)c1)C(=O)O. The quantitative estimate of drug-likeness (QED) is 0.731. The van der Waals surface area contributed by atoms with Crippen molar-refractivity contribution in [2.24, 2.45) is 0 Å². The molecule has 0 saturated heterocycles. The van der Waals surface area contributed by atoms with E-state index < -0.39 is 5.97 Å². The van der Waals surface area contributed by atoms with Gasteiger partial charge in [0.15, 0.2) is 0 Å². The lowest BCUT2D eigenvalue weighted by Crippen LogP contribution is -1.95. The van der Waals surface area contributed by atoms with Crippen molar-refractivity contribution in [3.05, 3.63) is 34.4 Å². The van der Waals surface area contributed by atoms with Gasteiger partial charge in [0.25, 0.3) is 0 Å². The summed E-state index contributed by atoms with van der Waals surface area (Å²) in [7, 11) is 0. The molecule has 0 fully saturated rings. The van der Waals surface area contributed by atoms with E-state index in [1.807, 2.05) is 0 Å². The predicted molar refractivity (Wildman–Crippen MR) is 58.9 cm³/mol. The third-order valence-corrected chi connectivity index (χ3v) is 2.23. The Labute approximate surface area is 88.7 Å². The monoisotopic (exact) mass is 206 g/mol. The Kier molecular flexibility index (Phi) is 3.14. The van der Waals surface area contributed by atoms with E-state index >= 15 is 0 Å². The number of hydrogen-bond donors (Lipinski definition) is 2. The van der Waals surface area contributed by atoms with Crippen molar-refractivity contribution in [1.82, 2.24) is 0 Å². The van der Waals surface area contributed by atoms with Gasteiger partial charge in [0.05, 0.1) is 0 Å². The van der Waals surface area contributed by atoms with Gasteiger partial charge in [-0.1, -0.05) is 0 Å². The molecule has 0 heterocycles. The van der Waals surface area contributed by atoms with Gasteiger partial charge in [-0.3, -0.25) is 0 Å². The fraction of sp³-hybridized carbons (Fsp3) is 0.250. The van der Waals surface area contributed by atoms with Crippen molar-refractivity contribution in [1.29, 1.82) is 0 Å². The summed E-state index contributed by atoms with van der Waals surface area (Å²) in [4.78, 5) is 10.6. The molecule has 3 heteroatoms. The molecule has 1 rings (SSSR count). The van der Waals surface area contributed by atoms with Crippen LogP contribution in [0.3, 0.4) is 0 Å². The third kappa shape index (κ3) is 2.59. The van der Waals surface area contributed by atoms with E-state index in [0.29, 0.717) is 0 Å². The Balaban J connectivity index is 3.18. The Morgan fingerprint density at radius 1 is 1.27 bits per heavy atom. The Bertz CT molecular complexity index is 407. The van der Waals surface area contributed by atoms with E-state index in [0.717, 1.165) is 16.7 Å². The average molecular weight is 206 g/mol. The first kappa shape index (κ1) is 11.3. The van der Waals surface area contributed by atoms with Crippen LogP contribution in [-0.4, -0.2) is 16.2 Å². The van der Waals surface area contributed by atoms with Crippen molar-refractivity contribution in [2.75, 3.05) is 0 Å². The summed E-state index contributed by atoms with van der Waals surface area (Å²) in [5, 5.41) is 18.3. The van der Waals surface area contributed by atoms with Crippen molar-refractivity contribution in [3.8, 4) is 5.75 Å². The summed E-state index contributed by atoms with van der Waals surface area (Å²) in [5.41, 5.74) is 2.57. The molecule has 15 heavy (non-hydrogen) atoms. The molecule has 0 unspecified atom stereocenters. The van der Waals surface area contributed by atoms with Crippen LogP contribution >= 0.6 is 0 Å². The van der Waals surface area contributed by atoms with Crippen LogP contribution in [-0.2, 0) is 4.79 Å². The highest BCUT2D eigenvalue weighted by Gasteiger charge is 2.04. The number of aromatic hydroxyl groups is 1. The maximum absolute atomic E-state index is 10.6. The van der Waals surface area contributed by atoms with Gasteiger partial charge < -0.3 is 10.2 Å². The largest absolute Gasteiger partial charge is 0.507 e. The minimum Gasteiger partial charge on any atom is -0.507 e. The molecule has 0 radical (unpaired) electrons. The summed E-state index contributed by atoms with van der Waals surface area (Å²) in [6.07, 6.45) is 1.59. The van der Waals surface area contributed by atoms with E-state index in [2.05, 4.69) is 0 Å². The number of aliphatic carboxylic acids is 1. The van der Waals surface area contributed by atoms with Crippen LogP contribution in [0.25, 0.3) is 6.08 Å². The van der Waals surface area contributed by atoms with E-state index in [-0.39, 0.29) is 11.3 Å². The maximum Gasteiger partial charge on any atom is 0.331 e. The zero-order valence-electron chi connectivity index (χ0n) is 9.03. The molecule has 80 valence electrons. The van der Waals surface area contributed by atoms with Gasteiger partial charge in [0.1, 0.15) is 5.75 Å². The molecule has 3 nitrogen and oxygen atoms in total. The number of phenols is 1. The second kappa shape index (κ2) is 4.17. The molecule has 0 aliphatic heterocycles. The van der Waals surface area contributed by atoms with Crippen LogP contribution < -0.4 is 0 Å². The molecular weight excluding hydrogens is 192 g/mol. The zero-order chi connectivity index (χ0) is 11.6. The fourth-order valence-electron chi connectivity index (χ4n) is 1.38. The van der Waals surface area contributed by atoms with Crippen molar-refractivity contribution in [2.45, 2.75) is 20.8 Å². The Morgan fingerprint density at radius 3 is 2.13 bits per heavy atom. The Hall–Kier alpha value is -1.77. The molecule has 1 aromatic rings. The summed E-state index contributed by atoms with van der Waals surface area (Å²) in [6, 6.07) is 3.52. The first-order valence-electron chi connectivity index (χ1n) is 4.63. The summed E-state index contributed by atoms with van der Waals surface area (Å²) in [6.45, 7) is 5.12. The van der Waals surface area contributed by atoms with Crippen LogP contribution in [0.1, 0.15) is 23.6 Å². The molecule has 0 bridgehead atoms. The smallest absolute Gasteiger partial charge is 0.331 e. The number of benzene rings is 1. The summed E-state index contributed by atoms with van der Waals surface area (Å²) < 4.78 is 0. The van der Waals surface area contributed by atoms with Crippen LogP contribution in [0.15, 0.2) is 17.7 Å². The second-order valence-electron chi connectivity index (χ2n) is 3.64. The standard InChI is InChI=1S/C12H14O3/c1-7-4-10(5-8(2)11(7)13)6-9(3)12(14)15/h4-6,13H,1-3H3,(H,14,15)/b9-6+. The van der Waals surface area contributed by atoms with Crippen molar-refractivity contribution < 1.29 is 15.0 Å². The van der Waals surface area contributed by atoms with E-state index in [1.165, 1.54) is 0 Å². The van der Waals surface area contributed by atoms with Crippen LogP contribution in [0, 0.1) is 13.8 Å². The van der Waals surface area contributed by atoms with Gasteiger partial charge in [-0.05, 0) is 55.7 Å². The normalized spacial score (nSPS) is 11.5. The molecule has 0 aliphatic rings. The van der Waals surface area contributed by atoms with E-state index in [9.17, 15) is 9.90 Å². The minimum atomic E-state index is -0.932. The fourth-order valence-corrected chi connectivity index (χ4v) is 1.38. The lowest BCUT2D eigenvalue weighted by Gasteiger charge is -2.05. The topological polar surface area (TPSA) is 57.5 Å². The molecular formula is C12H14O3. The highest BCUT2D eigenvalue weighted by atomic mass is 16.4. The highest BCUT2D eigenvalue weighted by molar-refractivity contribution is 5.91. The lowest BCUT2D eigenvalue weighted by molar-refractivity contribution is -0.132. The molecule has 0 spiro atoms. The maximum atomic E-state index is 10.6. The van der Waals surface area contributed by atoms with Gasteiger partial charge in [-0.15, -0.1) is 0 Å². The number of aryl methyl sites for hydroxylation is 2. The third-order valence-electron chi connectivity index (χ3n) is 2.23. The molecule has 2 N–H and O–H groups in total. The number of carbonyl (C=O) groups is 1. The molecule has 0 saturated carbocycles. The van der Waals surface area contributed by atoms with Crippen molar-refractivity contribution in [3.63, 3.8) is 0 Å². The number of hydrogen-bond acceptors (Lipinski definition) is 2. The van der Waals surface area contributed by atoms with Gasteiger partial charge in [-0.25, -0.2) is 4.79 Å². The van der Waals surface area contributed by atoms with Gasteiger partial charge in [0.2, 0.25) is 0 Å². The predicted octanol–water partition coefficient (Wildman–Crippen LogP) is 2.50. The highest BCUT2D eigenvalue weighted by Crippen LogP contribution is 2.24. The average Bonchev–Trinajstić information content (AvgIpc) is 2.13. The zero-order valence-corrected chi connectivity index (χ0v) is 9.03. The molecule has 0 aliphatic carbocycles. The lowest BCUT2D eigenvalue weighted by atomic mass is 10.0. The minimum absolute atomic E-state index is 0.264. The van der Waals surface area contributed by atoms with Gasteiger partial charge in [0, 0.05) is 5.57 Å². The van der Waals surface area contributed by atoms with E-state index in [4.69, 9.17) is 5.11 Å². The summed E-state index contributed by atoms with van der Waals surface area (Å²) in [5.74, 6) is -0.668. The van der Waals surface area contributed by atoms with Crippen LogP contribution in [0.4, 0.5) is 0 Å². The van der Waals surface area contributed by atoms with Crippen LogP contribution in [0.2, 0.25) is 0 Å². The summed E-state index contributed by atoms with van der Waals surface area (Å²) >= 11 is 0. The number of phenolic OH excluding ortho intramolecular Hbond substituents is 1. The molecule has 0 aromatic heterocycles. The number of carboxylic acids is 1. The van der Waals surface area contributed by atoms with Crippen LogP contribution in [0.5, 0.6) is 5.75 Å². The molecule has 0 atom stereocenters. The first-order valence-corrected chi connectivity index (χ1v) is 4.63.